The molecular formula is C23H22N4O4S. The Kier molecular flexibility index (Phi) is 6.18. The van der Waals surface area contributed by atoms with Crippen LogP contribution in [0.4, 0.5) is 5.69 Å². The van der Waals surface area contributed by atoms with Gasteiger partial charge in [-0.25, -0.2) is 4.98 Å². The first-order valence-corrected chi connectivity index (χ1v) is 10.9. The van der Waals surface area contributed by atoms with Crippen molar-refractivity contribution in [3.63, 3.8) is 0 Å². The molecule has 0 aliphatic heterocycles. The van der Waals surface area contributed by atoms with Crippen molar-refractivity contribution < 1.29 is 14.0 Å². The van der Waals surface area contributed by atoms with E-state index in [2.05, 4.69) is 20.6 Å². The molecule has 3 aromatic heterocycles. The number of rotatable bonds is 7. The summed E-state index contributed by atoms with van der Waals surface area (Å²) < 4.78 is 5.08. The van der Waals surface area contributed by atoms with Crippen LogP contribution in [0.1, 0.15) is 38.8 Å². The van der Waals surface area contributed by atoms with Crippen LogP contribution in [-0.4, -0.2) is 21.8 Å². The fourth-order valence-corrected chi connectivity index (χ4v) is 4.35. The number of fused-ring (bicyclic) bond motifs is 1. The average Bonchev–Trinajstić information content (AvgIpc) is 3.40. The molecule has 0 saturated heterocycles. The number of carbonyl (C=O) groups is 2. The van der Waals surface area contributed by atoms with E-state index in [0.29, 0.717) is 34.7 Å². The van der Waals surface area contributed by atoms with Gasteiger partial charge in [0, 0.05) is 30.0 Å². The molecule has 0 saturated carbocycles. The van der Waals surface area contributed by atoms with Gasteiger partial charge in [-0.2, -0.15) is 0 Å². The number of amides is 2. The van der Waals surface area contributed by atoms with Crippen LogP contribution in [0.25, 0.3) is 10.2 Å². The van der Waals surface area contributed by atoms with Crippen molar-refractivity contribution in [3.8, 4) is 0 Å². The number of H-pyrrole nitrogens is 1. The predicted octanol–water partition coefficient (Wildman–Crippen LogP) is 3.70. The summed E-state index contributed by atoms with van der Waals surface area (Å²) in [7, 11) is 0. The third kappa shape index (κ3) is 4.78. The van der Waals surface area contributed by atoms with Gasteiger partial charge in [-0.05, 0) is 49.2 Å². The maximum atomic E-state index is 12.3. The zero-order chi connectivity index (χ0) is 22.7. The summed E-state index contributed by atoms with van der Waals surface area (Å²) in [5.41, 5.74) is 2.23. The van der Waals surface area contributed by atoms with E-state index in [4.69, 9.17) is 4.42 Å². The zero-order valence-electron chi connectivity index (χ0n) is 17.7. The minimum Gasteiger partial charge on any atom is -0.459 e. The van der Waals surface area contributed by atoms with E-state index in [0.717, 1.165) is 16.0 Å². The predicted molar refractivity (Wildman–Crippen MR) is 123 cm³/mol. The third-order valence-corrected chi connectivity index (χ3v) is 6.20. The standard InChI is InChI=1S/C23H22N4O4S/c1-13-14(2)32-23-20(13)22(30)26-18(27-23)8-9-19(28)24-12-15-5-3-6-16(11-15)25-21(29)17-7-4-10-31-17/h3-7,10-11H,8-9,12H2,1-2H3,(H,24,28)(H,25,29)(H,26,27,30). The lowest BCUT2D eigenvalue weighted by Crippen LogP contribution is -2.24. The third-order valence-electron chi connectivity index (χ3n) is 5.10. The summed E-state index contributed by atoms with van der Waals surface area (Å²) in [6, 6.07) is 10.4. The molecule has 4 rings (SSSR count). The molecule has 4 aromatic rings. The summed E-state index contributed by atoms with van der Waals surface area (Å²) in [6.07, 6.45) is 1.98. The largest absolute Gasteiger partial charge is 0.459 e. The lowest BCUT2D eigenvalue weighted by molar-refractivity contribution is -0.121. The number of aromatic amines is 1. The van der Waals surface area contributed by atoms with Gasteiger partial charge in [0.1, 0.15) is 10.7 Å². The Balaban J connectivity index is 1.32. The summed E-state index contributed by atoms with van der Waals surface area (Å²) >= 11 is 1.49. The molecule has 0 radical (unpaired) electrons. The normalized spacial score (nSPS) is 10.9. The van der Waals surface area contributed by atoms with Crippen LogP contribution in [0.5, 0.6) is 0 Å². The second-order valence-electron chi connectivity index (χ2n) is 7.38. The number of furan rings is 1. The van der Waals surface area contributed by atoms with E-state index >= 15 is 0 Å². The van der Waals surface area contributed by atoms with Gasteiger partial charge in [0.25, 0.3) is 11.5 Å². The Morgan fingerprint density at radius 3 is 2.81 bits per heavy atom. The highest BCUT2D eigenvalue weighted by Crippen LogP contribution is 2.25. The first-order valence-electron chi connectivity index (χ1n) is 10.1. The van der Waals surface area contributed by atoms with Crippen molar-refractivity contribution in [2.75, 3.05) is 5.32 Å². The molecule has 0 aliphatic rings. The molecule has 0 fully saturated rings. The lowest BCUT2D eigenvalue weighted by Gasteiger charge is -2.08. The number of aromatic nitrogens is 2. The summed E-state index contributed by atoms with van der Waals surface area (Å²) in [6.45, 7) is 4.19. The Hall–Kier alpha value is -3.72. The highest BCUT2D eigenvalue weighted by molar-refractivity contribution is 7.18. The van der Waals surface area contributed by atoms with Crippen molar-refractivity contribution in [2.45, 2.75) is 33.2 Å². The molecule has 3 heterocycles. The van der Waals surface area contributed by atoms with E-state index in [9.17, 15) is 14.4 Å². The smallest absolute Gasteiger partial charge is 0.291 e. The van der Waals surface area contributed by atoms with Gasteiger partial charge in [-0.3, -0.25) is 14.4 Å². The van der Waals surface area contributed by atoms with Crippen molar-refractivity contribution in [3.05, 3.63) is 80.6 Å². The summed E-state index contributed by atoms with van der Waals surface area (Å²) in [5, 5.41) is 6.24. The van der Waals surface area contributed by atoms with Gasteiger partial charge < -0.3 is 20.0 Å². The molecule has 0 unspecified atom stereocenters. The molecule has 2 amide bonds. The number of carbonyl (C=O) groups excluding carboxylic acids is 2. The minimum atomic E-state index is -0.342. The number of anilines is 1. The molecule has 32 heavy (non-hydrogen) atoms. The molecular weight excluding hydrogens is 428 g/mol. The molecule has 0 aliphatic carbocycles. The number of nitrogens with zero attached hydrogens (tertiary/aromatic N) is 1. The molecule has 0 atom stereocenters. The molecule has 1 aromatic carbocycles. The zero-order valence-corrected chi connectivity index (χ0v) is 18.5. The van der Waals surface area contributed by atoms with E-state index in [-0.39, 0.29) is 29.6 Å². The summed E-state index contributed by atoms with van der Waals surface area (Å²) in [5.74, 6) is 0.227. The lowest BCUT2D eigenvalue weighted by atomic mass is 10.2. The molecule has 0 spiro atoms. The Morgan fingerprint density at radius 1 is 1.19 bits per heavy atom. The Morgan fingerprint density at radius 2 is 2.03 bits per heavy atom. The van der Waals surface area contributed by atoms with Crippen LogP contribution in [0.15, 0.2) is 51.9 Å². The monoisotopic (exact) mass is 450 g/mol. The highest BCUT2D eigenvalue weighted by atomic mass is 32.1. The number of benzene rings is 1. The van der Waals surface area contributed by atoms with E-state index in [1.54, 1.807) is 30.3 Å². The van der Waals surface area contributed by atoms with Crippen molar-refractivity contribution in [2.24, 2.45) is 0 Å². The van der Waals surface area contributed by atoms with Crippen LogP contribution in [0, 0.1) is 13.8 Å². The molecule has 9 heteroatoms. The second kappa shape index (κ2) is 9.19. The number of hydrogen-bond acceptors (Lipinski definition) is 6. The van der Waals surface area contributed by atoms with Gasteiger partial charge in [0.05, 0.1) is 11.6 Å². The highest BCUT2D eigenvalue weighted by Gasteiger charge is 2.13. The Bertz CT molecular complexity index is 1340. The van der Waals surface area contributed by atoms with Crippen LogP contribution in [0.3, 0.4) is 0 Å². The number of nitrogens with one attached hydrogen (secondary N) is 3. The van der Waals surface area contributed by atoms with Gasteiger partial charge in [0.15, 0.2) is 5.76 Å². The quantitative estimate of drug-likeness (QED) is 0.397. The van der Waals surface area contributed by atoms with E-state index in [1.165, 1.54) is 17.6 Å². The fraction of sp³-hybridized carbons (Fsp3) is 0.217. The molecule has 164 valence electrons. The average molecular weight is 451 g/mol. The van der Waals surface area contributed by atoms with Gasteiger partial charge in [0.2, 0.25) is 5.91 Å². The molecule has 8 nitrogen and oxygen atoms in total. The summed E-state index contributed by atoms with van der Waals surface area (Å²) in [4.78, 5) is 45.8. The maximum Gasteiger partial charge on any atom is 0.291 e. The van der Waals surface area contributed by atoms with Crippen LogP contribution in [-0.2, 0) is 17.8 Å². The fourth-order valence-electron chi connectivity index (χ4n) is 3.30. The molecule has 3 N–H and O–H groups in total. The first-order chi connectivity index (χ1) is 15.4. The van der Waals surface area contributed by atoms with Crippen molar-refractivity contribution >= 4 is 39.1 Å². The van der Waals surface area contributed by atoms with E-state index in [1.807, 2.05) is 19.9 Å². The van der Waals surface area contributed by atoms with Crippen LogP contribution < -0.4 is 16.2 Å². The topological polar surface area (TPSA) is 117 Å². The van der Waals surface area contributed by atoms with Crippen LogP contribution >= 0.6 is 11.3 Å². The van der Waals surface area contributed by atoms with Gasteiger partial charge in [-0.15, -0.1) is 11.3 Å². The maximum absolute atomic E-state index is 12.3. The number of aryl methyl sites for hydroxylation is 3. The SMILES string of the molecule is Cc1sc2nc(CCC(=O)NCc3cccc(NC(=O)c4ccco4)c3)[nH]c(=O)c2c1C. The molecule has 0 bridgehead atoms. The Labute approximate surface area is 187 Å². The van der Waals surface area contributed by atoms with Gasteiger partial charge >= 0.3 is 0 Å². The van der Waals surface area contributed by atoms with E-state index < -0.39 is 0 Å². The number of thiophene rings is 1. The van der Waals surface area contributed by atoms with Crippen molar-refractivity contribution in [1.29, 1.82) is 0 Å². The second-order valence-corrected chi connectivity index (χ2v) is 8.59. The van der Waals surface area contributed by atoms with Gasteiger partial charge in [-0.1, -0.05) is 12.1 Å². The van der Waals surface area contributed by atoms with Crippen LogP contribution in [0.2, 0.25) is 0 Å². The number of hydrogen-bond donors (Lipinski definition) is 3. The van der Waals surface area contributed by atoms with Crippen molar-refractivity contribution in [1.82, 2.24) is 15.3 Å². The first kappa shape index (κ1) is 21.5. The minimum absolute atomic E-state index is 0.156.